The average molecular weight is 399 g/mol. The Morgan fingerprint density at radius 3 is 2.62 bits per heavy atom. The Kier molecular flexibility index (Phi) is 6.57. The number of hydrogen-bond donors (Lipinski definition) is 2. The minimum absolute atomic E-state index is 0.103. The van der Waals surface area contributed by atoms with Gasteiger partial charge in [-0.1, -0.05) is 32.9 Å². The summed E-state index contributed by atoms with van der Waals surface area (Å²) in [6, 6.07) is 6.29. The Balaban J connectivity index is 1.43. The van der Waals surface area contributed by atoms with Crippen LogP contribution in [0, 0.1) is 28.0 Å². The Morgan fingerprint density at radius 1 is 1.28 bits per heavy atom. The first-order chi connectivity index (χ1) is 13.7. The number of rotatable bonds is 7. The molecule has 0 radical (unpaired) electrons. The summed E-state index contributed by atoms with van der Waals surface area (Å²) in [5.41, 5.74) is 7.26. The van der Waals surface area contributed by atoms with Crippen LogP contribution in [0.1, 0.15) is 52.0 Å². The molecule has 0 bridgehead atoms. The largest absolute Gasteiger partial charge is 0.384 e. The lowest BCUT2D eigenvalue weighted by atomic mass is 9.88. The molecule has 0 aromatic heterocycles. The highest BCUT2D eigenvalue weighted by Gasteiger charge is 2.54. The monoisotopic (exact) mass is 398 g/mol. The number of nitrogens with one attached hydrogen (secondary N) is 1. The number of nitrogens with two attached hydrogens (primary N) is 1. The molecule has 4 nitrogen and oxygen atoms in total. The van der Waals surface area contributed by atoms with Crippen LogP contribution >= 0.6 is 0 Å². The van der Waals surface area contributed by atoms with Gasteiger partial charge in [0.1, 0.15) is 11.7 Å². The van der Waals surface area contributed by atoms with Gasteiger partial charge in [-0.05, 0) is 86.4 Å². The number of amidine groups is 1. The second-order valence-corrected chi connectivity index (χ2v) is 9.91. The fourth-order valence-corrected chi connectivity index (χ4v) is 4.22. The van der Waals surface area contributed by atoms with Gasteiger partial charge in [-0.15, -0.1) is 0 Å². The van der Waals surface area contributed by atoms with Crippen LogP contribution in [0.5, 0.6) is 0 Å². The summed E-state index contributed by atoms with van der Waals surface area (Å²) >= 11 is 0. The molecule has 1 heterocycles. The van der Waals surface area contributed by atoms with Crippen molar-refractivity contribution < 1.29 is 4.39 Å². The smallest absolute Gasteiger partial charge is 0.132 e. The molecule has 1 aliphatic carbocycles. The van der Waals surface area contributed by atoms with E-state index in [4.69, 9.17) is 11.1 Å². The molecular weight excluding hydrogens is 363 g/mol. The number of hydrogen-bond acceptors (Lipinski definition) is 3. The zero-order chi connectivity index (χ0) is 21.1. The molecule has 1 spiro atoms. The number of aliphatic imine (C=N–C) groups is 1. The second-order valence-electron chi connectivity index (χ2n) is 9.91. The third-order valence-electron chi connectivity index (χ3n) is 6.47. The van der Waals surface area contributed by atoms with Gasteiger partial charge in [0.05, 0.1) is 5.71 Å². The molecule has 3 rings (SSSR count). The fraction of sp³-hybridized carbons (Fsp3) is 0.583. The molecule has 0 amide bonds. The van der Waals surface area contributed by atoms with Crippen LogP contribution in [-0.4, -0.2) is 42.6 Å². The quantitative estimate of drug-likeness (QED) is 0.519. The van der Waals surface area contributed by atoms with Crippen LogP contribution in [0.2, 0.25) is 0 Å². The molecule has 1 aromatic rings. The van der Waals surface area contributed by atoms with Crippen molar-refractivity contribution in [1.29, 1.82) is 5.41 Å². The van der Waals surface area contributed by atoms with Crippen molar-refractivity contribution in [3.63, 3.8) is 0 Å². The van der Waals surface area contributed by atoms with Crippen LogP contribution in [0.3, 0.4) is 0 Å². The van der Waals surface area contributed by atoms with E-state index in [0.29, 0.717) is 22.6 Å². The zero-order valence-electron chi connectivity index (χ0n) is 18.0. The van der Waals surface area contributed by atoms with Crippen LogP contribution in [-0.2, 0) is 0 Å². The van der Waals surface area contributed by atoms with Crippen molar-refractivity contribution in [2.45, 2.75) is 46.5 Å². The van der Waals surface area contributed by atoms with Gasteiger partial charge in [0.15, 0.2) is 0 Å². The summed E-state index contributed by atoms with van der Waals surface area (Å²) in [6.07, 6.45) is 8.17. The molecular formula is C24H35FN4. The molecule has 158 valence electrons. The van der Waals surface area contributed by atoms with Gasteiger partial charge in [-0.25, -0.2) is 4.39 Å². The van der Waals surface area contributed by atoms with E-state index in [-0.39, 0.29) is 11.3 Å². The fourth-order valence-electron chi connectivity index (χ4n) is 4.22. The predicted octanol–water partition coefficient (Wildman–Crippen LogP) is 4.65. The van der Waals surface area contributed by atoms with Gasteiger partial charge in [0.25, 0.3) is 0 Å². The first kappa shape index (κ1) is 21.7. The number of nitrogens with zero attached hydrogens (tertiary/aromatic N) is 2. The van der Waals surface area contributed by atoms with Crippen molar-refractivity contribution in [2.75, 3.05) is 26.2 Å². The molecule has 3 N–H and O–H groups in total. The van der Waals surface area contributed by atoms with E-state index in [0.717, 1.165) is 6.54 Å². The van der Waals surface area contributed by atoms with Crippen molar-refractivity contribution in [3.8, 4) is 0 Å². The van der Waals surface area contributed by atoms with Crippen LogP contribution in [0.4, 0.5) is 4.39 Å². The minimum atomic E-state index is -0.397. The van der Waals surface area contributed by atoms with E-state index < -0.39 is 5.82 Å². The highest BCUT2D eigenvalue weighted by Crippen LogP contribution is 2.59. The molecule has 1 saturated carbocycles. The Hall–Kier alpha value is -2.01. The summed E-state index contributed by atoms with van der Waals surface area (Å²) in [7, 11) is 0. The Bertz CT molecular complexity index is 782. The molecule has 2 aliphatic rings. The number of likely N-dealkylation sites (tertiary alicyclic amines) is 1. The summed E-state index contributed by atoms with van der Waals surface area (Å²) < 4.78 is 13.7. The molecule has 1 aromatic carbocycles. The second kappa shape index (κ2) is 8.78. The van der Waals surface area contributed by atoms with Crippen molar-refractivity contribution in [1.82, 2.24) is 4.90 Å². The van der Waals surface area contributed by atoms with Crippen LogP contribution < -0.4 is 5.73 Å². The minimum Gasteiger partial charge on any atom is -0.384 e. The lowest BCUT2D eigenvalue weighted by Gasteiger charge is -2.34. The SMILES string of the molecule is CC(C)(C)CCN1CCC2(CC1)CC2CN=C(N)/C=C\C(=N)c1ccccc1F. The zero-order valence-corrected chi connectivity index (χ0v) is 18.0. The van der Waals surface area contributed by atoms with Gasteiger partial charge in [0, 0.05) is 12.1 Å². The predicted molar refractivity (Wildman–Crippen MR) is 119 cm³/mol. The summed E-state index contributed by atoms with van der Waals surface area (Å²) in [6.45, 7) is 11.3. The van der Waals surface area contributed by atoms with Crippen molar-refractivity contribution >= 4 is 11.5 Å². The van der Waals surface area contributed by atoms with E-state index in [1.807, 2.05) is 0 Å². The van der Waals surface area contributed by atoms with Gasteiger partial charge < -0.3 is 16.0 Å². The van der Waals surface area contributed by atoms with E-state index in [1.54, 1.807) is 24.3 Å². The number of allylic oxidation sites excluding steroid dienone is 1. The van der Waals surface area contributed by atoms with Crippen molar-refractivity contribution in [3.05, 3.63) is 47.8 Å². The van der Waals surface area contributed by atoms with E-state index in [1.165, 1.54) is 57.5 Å². The maximum atomic E-state index is 13.7. The molecule has 1 aliphatic heterocycles. The van der Waals surface area contributed by atoms with E-state index in [9.17, 15) is 4.39 Å². The number of benzene rings is 1. The molecule has 1 saturated heterocycles. The van der Waals surface area contributed by atoms with Gasteiger partial charge >= 0.3 is 0 Å². The van der Waals surface area contributed by atoms with Gasteiger partial charge in [-0.2, -0.15) is 0 Å². The lowest BCUT2D eigenvalue weighted by Crippen LogP contribution is -2.37. The first-order valence-corrected chi connectivity index (χ1v) is 10.7. The van der Waals surface area contributed by atoms with Crippen LogP contribution in [0.25, 0.3) is 0 Å². The summed E-state index contributed by atoms with van der Waals surface area (Å²) in [5, 5.41) is 8.00. The van der Waals surface area contributed by atoms with E-state index >= 15 is 0 Å². The standard InChI is InChI=1S/C24H35FN4/c1-23(2,3)10-13-29-14-11-24(12-15-29)16-18(24)17-28-22(27)9-8-21(26)19-6-4-5-7-20(19)25/h4-9,18,26H,10-17H2,1-3H3,(H2,27,28)/b9-8-,26-21?. The van der Waals surface area contributed by atoms with Gasteiger partial charge in [0.2, 0.25) is 0 Å². The van der Waals surface area contributed by atoms with Crippen LogP contribution in [0.15, 0.2) is 41.4 Å². The maximum absolute atomic E-state index is 13.7. The first-order valence-electron chi connectivity index (χ1n) is 10.7. The third-order valence-corrected chi connectivity index (χ3v) is 6.47. The third kappa shape index (κ3) is 5.99. The molecule has 29 heavy (non-hydrogen) atoms. The molecule has 2 fully saturated rings. The van der Waals surface area contributed by atoms with Crippen molar-refractivity contribution in [2.24, 2.45) is 27.5 Å². The highest BCUT2D eigenvalue weighted by atomic mass is 19.1. The topological polar surface area (TPSA) is 65.5 Å². The normalized spacial score (nSPS) is 22.3. The lowest BCUT2D eigenvalue weighted by molar-refractivity contribution is 0.146. The van der Waals surface area contributed by atoms with Gasteiger partial charge in [-0.3, -0.25) is 4.99 Å². The number of halogens is 1. The Labute approximate surface area is 174 Å². The molecule has 1 unspecified atom stereocenters. The molecule has 1 atom stereocenters. The average Bonchev–Trinajstić information content (AvgIpc) is 3.35. The maximum Gasteiger partial charge on any atom is 0.132 e. The number of piperidine rings is 1. The highest BCUT2D eigenvalue weighted by molar-refractivity contribution is 6.09. The summed E-state index contributed by atoms with van der Waals surface area (Å²) in [4.78, 5) is 7.13. The van der Waals surface area contributed by atoms with E-state index in [2.05, 4.69) is 30.7 Å². The Morgan fingerprint density at radius 2 is 1.97 bits per heavy atom. The summed E-state index contributed by atoms with van der Waals surface area (Å²) in [5.74, 6) is 0.646. The molecule has 5 heteroatoms.